The van der Waals surface area contributed by atoms with Gasteiger partial charge < -0.3 is 15.5 Å². The van der Waals surface area contributed by atoms with Crippen molar-refractivity contribution in [2.75, 3.05) is 12.1 Å². The number of nitrogens with one attached hydrogen (secondary N) is 1. The van der Waals surface area contributed by atoms with Crippen LogP contribution in [0.15, 0.2) is 91.9 Å². The zero-order chi connectivity index (χ0) is 35.9. The summed E-state index contributed by atoms with van der Waals surface area (Å²) < 4.78 is 27.1. The Morgan fingerprint density at radius 1 is 0.840 bits per heavy atom. The maximum absolute atomic E-state index is 13.6. The lowest BCUT2D eigenvalue weighted by molar-refractivity contribution is -0.119. The lowest BCUT2D eigenvalue weighted by Gasteiger charge is -2.12. The van der Waals surface area contributed by atoms with E-state index in [4.69, 9.17) is 0 Å². The molecule has 0 aromatic heterocycles. The molecule has 11 nitrogen and oxygen atoms in total. The minimum absolute atomic E-state index is 0.121. The van der Waals surface area contributed by atoms with Gasteiger partial charge in [-0.3, -0.25) is 9.59 Å². The fraction of sp³-hybridized carbons (Fsp3) is 0.447. The molecule has 268 valence electrons. The fourth-order valence-corrected chi connectivity index (χ4v) is 7.33. The predicted molar refractivity (Wildman–Crippen MR) is 195 cm³/mol. The number of unbranched alkanes of at least 4 members (excludes halogenated alkanes) is 12. The van der Waals surface area contributed by atoms with Crippen LogP contribution in [-0.4, -0.2) is 49.2 Å². The highest BCUT2D eigenvalue weighted by Crippen LogP contribution is 2.36. The summed E-state index contributed by atoms with van der Waals surface area (Å²) in [5.74, 6) is -1.75. The van der Waals surface area contributed by atoms with Crippen LogP contribution in [0.25, 0.3) is 0 Å². The number of amides is 2. The van der Waals surface area contributed by atoms with Gasteiger partial charge in [0.05, 0.1) is 16.3 Å². The molecule has 0 saturated carbocycles. The van der Waals surface area contributed by atoms with Crippen LogP contribution in [-0.2, 0) is 25.8 Å². The number of para-hydroxylation sites is 1. The highest BCUT2D eigenvalue weighted by Gasteiger charge is 2.40. The molecule has 50 heavy (non-hydrogen) atoms. The molecule has 1 unspecified atom stereocenters. The number of hydrogen-bond donors (Lipinski definition) is 3. The summed E-state index contributed by atoms with van der Waals surface area (Å²) in [6.45, 7) is 2.24. The molecule has 4 rings (SSSR count). The van der Waals surface area contributed by atoms with Crippen LogP contribution < -0.4 is 10.3 Å². The first-order valence-corrected chi connectivity index (χ1v) is 19.2. The van der Waals surface area contributed by atoms with Gasteiger partial charge in [-0.2, -0.15) is 20.3 Å². The van der Waals surface area contributed by atoms with Gasteiger partial charge in [0.1, 0.15) is 16.4 Å². The molecule has 3 N–H and O–H groups in total. The molecule has 1 atom stereocenters. The molecule has 1 aliphatic heterocycles. The van der Waals surface area contributed by atoms with Gasteiger partial charge >= 0.3 is 0 Å². The number of hydrogen-bond acceptors (Lipinski definition) is 9. The van der Waals surface area contributed by atoms with E-state index in [0.29, 0.717) is 17.7 Å². The van der Waals surface area contributed by atoms with E-state index < -0.39 is 27.7 Å². The van der Waals surface area contributed by atoms with Crippen molar-refractivity contribution >= 4 is 38.7 Å². The Morgan fingerprint density at radius 2 is 1.42 bits per heavy atom. The molecule has 3 aromatic carbocycles. The van der Waals surface area contributed by atoms with Crippen molar-refractivity contribution in [3.8, 4) is 11.5 Å². The molecule has 0 saturated heterocycles. The smallest absolute Gasteiger partial charge is 0.280 e. The summed E-state index contributed by atoms with van der Waals surface area (Å²) >= 11 is 0. The molecule has 0 fully saturated rings. The third-order valence-corrected chi connectivity index (χ3v) is 10.6. The average molecular weight is 704 g/mol. The second-order valence-electron chi connectivity index (χ2n) is 12.6. The summed E-state index contributed by atoms with van der Waals surface area (Å²) in [7, 11) is -2.79. The van der Waals surface area contributed by atoms with Crippen molar-refractivity contribution in [2.45, 2.75) is 113 Å². The zero-order valence-corrected chi connectivity index (χ0v) is 29.9. The van der Waals surface area contributed by atoms with E-state index in [2.05, 4.69) is 27.6 Å². The lowest BCUT2D eigenvalue weighted by Crippen LogP contribution is -2.37. The first-order valence-electron chi connectivity index (χ1n) is 17.7. The number of anilines is 1. The van der Waals surface area contributed by atoms with E-state index in [0.717, 1.165) is 36.8 Å². The SMILES string of the molecule is CCCCCCCCCCCCCCCc1cc(O)cc(S(=O)(=O)c2ccc(N=NC3C(=O)N(c4ccccc4)N=C3C(=O)NC)cc2)c1O. The predicted octanol–water partition coefficient (Wildman–Crippen LogP) is 8.17. The number of carbonyl (C=O) groups is 2. The number of hydrazone groups is 1. The Hall–Kier alpha value is -4.58. The molecule has 0 spiro atoms. The number of benzene rings is 3. The van der Waals surface area contributed by atoms with Crippen molar-refractivity contribution in [3.63, 3.8) is 0 Å². The lowest BCUT2D eigenvalue weighted by atomic mass is 10.0. The molecule has 0 radical (unpaired) electrons. The van der Waals surface area contributed by atoms with Crippen molar-refractivity contribution in [3.05, 3.63) is 72.3 Å². The van der Waals surface area contributed by atoms with E-state index in [1.807, 2.05) is 0 Å². The zero-order valence-electron chi connectivity index (χ0n) is 29.1. The number of aryl methyl sites for hydroxylation is 1. The molecule has 1 aliphatic rings. The van der Waals surface area contributed by atoms with Gasteiger partial charge in [0, 0.05) is 13.1 Å². The van der Waals surface area contributed by atoms with Gasteiger partial charge in [0.15, 0.2) is 5.71 Å². The number of carbonyl (C=O) groups excluding carboxylic acids is 2. The molecular weight excluding hydrogens is 655 g/mol. The Balaban J connectivity index is 1.33. The first-order chi connectivity index (χ1) is 24.2. The molecule has 0 bridgehead atoms. The second-order valence-corrected chi connectivity index (χ2v) is 14.5. The topological polar surface area (TPSA) is 161 Å². The number of phenolic OH excluding ortho intramolecular Hbond substituents is 2. The van der Waals surface area contributed by atoms with Gasteiger partial charge in [-0.15, -0.1) is 0 Å². The normalized spacial score (nSPS) is 14.8. The number of sulfone groups is 1. The van der Waals surface area contributed by atoms with E-state index in [9.17, 15) is 28.2 Å². The summed E-state index contributed by atoms with van der Waals surface area (Å²) in [5.41, 5.74) is 0.956. The molecule has 12 heteroatoms. The highest BCUT2D eigenvalue weighted by atomic mass is 32.2. The Kier molecular flexibility index (Phi) is 14.5. The average Bonchev–Trinajstić information content (AvgIpc) is 3.46. The fourth-order valence-electron chi connectivity index (χ4n) is 5.92. The number of rotatable bonds is 20. The maximum atomic E-state index is 13.6. The van der Waals surface area contributed by atoms with Crippen molar-refractivity contribution in [1.29, 1.82) is 0 Å². The number of phenols is 2. The standard InChI is InChI=1S/C38H49N5O6S/c1-3-4-5-6-7-8-9-10-11-12-13-14-16-19-28-26-31(44)27-33(36(28)45)50(48,49)32-24-22-29(23-25-32)40-41-35-34(37(46)39-2)42-43(38(35)47)30-20-17-15-18-21-30/h15,17-18,20-27,35,44-45H,3-14,16,19H2,1-2H3,(H,39,46). The molecular formula is C38H49N5O6S. The van der Waals surface area contributed by atoms with E-state index in [1.165, 1.54) is 95.2 Å². The Bertz CT molecular complexity index is 1740. The van der Waals surface area contributed by atoms with Crippen LogP contribution in [0.2, 0.25) is 0 Å². The highest BCUT2D eigenvalue weighted by molar-refractivity contribution is 7.91. The number of azo groups is 1. The molecule has 2 amide bonds. The van der Waals surface area contributed by atoms with Crippen LogP contribution >= 0.6 is 0 Å². The van der Waals surface area contributed by atoms with Crippen LogP contribution in [0.1, 0.15) is 96.0 Å². The third-order valence-electron chi connectivity index (χ3n) is 8.78. The quantitative estimate of drug-likeness (QED) is 0.0611. The van der Waals surface area contributed by atoms with Gasteiger partial charge in [-0.25, -0.2) is 8.42 Å². The van der Waals surface area contributed by atoms with Gasteiger partial charge in [-0.05, 0) is 60.9 Å². The van der Waals surface area contributed by atoms with Gasteiger partial charge in [0.25, 0.3) is 11.8 Å². The van der Waals surface area contributed by atoms with E-state index in [1.54, 1.807) is 30.3 Å². The number of aromatic hydroxyl groups is 2. The summed E-state index contributed by atoms with van der Waals surface area (Å²) in [6.07, 6.45) is 16.1. The second kappa shape index (κ2) is 19.0. The third kappa shape index (κ3) is 10.2. The maximum Gasteiger partial charge on any atom is 0.280 e. The van der Waals surface area contributed by atoms with Crippen LogP contribution in [0.5, 0.6) is 11.5 Å². The van der Waals surface area contributed by atoms with Crippen LogP contribution in [0.3, 0.4) is 0 Å². The minimum atomic E-state index is -4.20. The molecule has 3 aromatic rings. The van der Waals surface area contributed by atoms with E-state index in [-0.39, 0.29) is 32.7 Å². The largest absolute Gasteiger partial charge is 0.508 e. The van der Waals surface area contributed by atoms with Crippen LogP contribution in [0.4, 0.5) is 11.4 Å². The number of nitrogens with zero attached hydrogens (tertiary/aromatic N) is 4. The minimum Gasteiger partial charge on any atom is -0.508 e. The molecule has 1 heterocycles. The van der Waals surface area contributed by atoms with E-state index >= 15 is 0 Å². The molecule has 0 aliphatic carbocycles. The van der Waals surface area contributed by atoms with Crippen molar-refractivity contribution in [2.24, 2.45) is 15.3 Å². The Labute approximate surface area is 295 Å². The van der Waals surface area contributed by atoms with Crippen molar-refractivity contribution in [1.82, 2.24) is 5.32 Å². The Morgan fingerprint density at radius 3 is 2.00 bits per heavy atom. The monoisotopic (exact) mass is 703 g/mol. The van der Waals surface area contributed by atoms with Gasteiger partial charge in [-0.1, -0.05) is 102 Å². The summed E-state index contributed by atoms with van der Waals surface area (Å²) in [5, 5.41) is 37.2. The van der Waals surface area contributed by atoms with Crippen molar-refractivity contribution < 1.29 is 28.2 Å². The summed E-state index contributed by atoms with van der Waals surface area (Å²) in [4.78, 5) is 25.1. The first kappa shape index (κ1) is 38.2. The summed E-state index contributed by atoms with van der Waals surface area (Å²) in [6, 6.07) is 15.2. The van der Waals surface area contributed by atoms with Gasteiger partial charge in [0.2, 0.25) is 15.9 Å². The van der Waals surface area contributed by atoms with Crippen LogP contribution in [0, 0.1) is 0 Å².